The maximum Gasteiger partial charge on any atom is 0.325 e. The fourth-order valence-corrected chi connectivity index (χ4v) is 6.19. The van der Waals surface area contributed by atoms with Crippen LogP contribution < -0.4 is 19.7 Å². The van der Waals surface area contributed by atoms with E-state index in [-0.39, 0.29) is 48.1 Å². The Bertz CT molecular complexity index is 1640. The summed E-state index contributed by atoms with van der Waals surface area (Å²) in [6.07, 6.45) is 2.15. The summed E-state index contributed by atoms with van der Waals surface area (Å²) < 4.78 is 28.8. The second-order valence-electron chi connectivity index (χ2n) is 12.7. The van der Waals surface area contributed by atoms with E-state index in [9.17, 15) is 9.59 Å². The Morgan fingerprint density at radius 3 is 2.26 bits per heavy atom. The van der Waals surface area contributed by atoms with Gasteiger partial charge in [0.15, 0.2) is 11.8 Å². The van der Waals surface area contributed by atoms with Gasteiger partial charge in [0.25, 0.3) is 5.91 Å². The normalized spacial score (nSPS) is 17.3. The standard InChI is InChI=1S/C36H44N4O7/c1-9-45-29(41)21-40(20-23-13-11-10-12-14-23)34-38-32(43-7)30(33(39-34)44-8)37-31(42)28-16-15-25(46-28)18-24-19-27-26(17-22(24)2)35(3,4)47-36(27,5)6/h10-15,17,19,28H,9,16,18,20-21H2,1-8H3,(H,37,42). The van der Waals surface area contributed by atoms with Gasteiger partial charge in [-0.05, 0) is 75.4 Å². The molecular formula is C36H44N4O7. The monoisotopic (exact) mass is 644 g/mol. The van der Waals surface area contributed by atoms with Gasteiger partial charge < -0.3 is 33.9 Å². The number of methoxy groups -OCH3 is 2. The Labute approximate surface area is 276 Å². The predicted octanol–water partition coefficient (Wildman–Crippen LogP) is 5.73. The van der Waals surface area contributed by atoms with Gasteiger partial charge in [-0.3, -0.25) is 9.59 Å². The summed E-state index contributed by atoms with van der Waals surface area (Å²) in [5, 5.41) is 2.85. The number of nitrogens with one attached hydrogen (secondary N) is 1. The van der Waals surface area contributed by atoms with Crippen LogP contribution in [-0.2, 0) is 48.0 Å². The van der Waals surface area contributed by atoms with Crippen LogP contribution in [-0.4, -0.2) is 55.3 Å². The van der Waals surface area contributed by atoms with Crippen molar-refractivity contribution in [2.24, 2.45) is 0 Å². The molecule has 3 heterocycles. The number of esters is 1. The first-order chi connectivity index (χ1) is 22.3. The highest BCUT2D eigenvalue weighted by atomic mass is 16.5. The second-order valence-corrected chi connectivity index (χ2v) is 12.7. The third kappa shape index (κ3) is 7.35. The van der Waals surface area contributed by atoms with E-state index < -0.39 is 17.7 Å². The number of aryl methyl sites for hydroxylation is 1. The Morgan fingerprint density at radius 2 is 1.64 bits per heavy atom. The van der Waals surface area contributed by atoms with Crippen LogP contribution >= 0.6 is 0 Å². The van der Waals surface area contributed by atoms with Crippen LogP contribution in [0.2, 0.25) is 0 Å². The average Bonchev–Trinajstić information content (AvgIpc) is 3.56. The van der Waals surface area contributed by atoms with Crippen LogP contribution in [0.15, 0.2) is 54.3 Å². The van der Waals surface area contributed by atoms with Crippen molar-refractivity contribution in [3.63, 3.8) is 0 Å². The Hall–Kier alpha value is -4.64. The number of aromatic nitrogens is 2. The van der Waals surface area contributed by atoms with Crippen LogP contribution in [0.4, 0.5) is 11.6 Å². The number of fused-ring (bicyclic) bond motifs is 1. The van der Waals surface area contributed by atoms with Crippen LogP contribution in [0, 0.1) is 6.92 Å². The van der Waals surface area contributed by atoms with E-state index in [4.69, 9.17) is 23.7 Å². The summed E-state index contributed by atoms with van der Waals surface area (Å²) in [4.78, 5) is 36.7. The van der Waals surface area contributed by atoms with Gasteiger partial charge in [-0.25, -0.2) is 0 Å². The molecule has 11 nitrogen and oxygen atoms in total. The molecule has 5 rings (SSSR count). The lowest BCUT2D eigenvalue weighted by molar-refractivity contribution is -0.141. The zero-order valence-corrected chi connectivity index (χ0v) is 28.4. The number of benzene rings is 2. The van der Waals surface area contributed by atoms with E-state index in [1.807, 2.05) is 36.4 Å². The minimum absolute atomic E-state index is 0.0785. The molecule has 11 heteroatoms. The van der Waals surface area contributed by atoms with Gasteiger partial charge in [0, 0.05) is 19.4 Å². The van der Waals surface area contributed by atoms with Crippen LogP contribution in [0.5, 0.6) is 11.8 Å². The first-order valence-corrected chi connectivity index (χ1v) is 15.8. The van der Waals surface area contributed by atoms with Crippen molar-refractivity contribution in [1.29, 1.82) is 0 Å². The third-order valence-electron chi connectivity index (χ3n) is 8.38. The summed E-state index contributed by atoms with van der Waals surface area (Å²) >= 11 is 0. The number of anilines is 2. The lowest BCUT2D eigenvalue weighted by atomic mass is 9.86. The molecule has 250 valence electrons. The number of carbonyl (C=O) groups excluding carboxylic acids is 2. The number of carbonyl (C=O) groups is 2. The summed E-state index contributed by atoms with van der Waals surface area (Å²) in [6.45, 7) is 12.7. The van der Waals surface area contributed by atoms with Crippen molar-refractivity contribution in [3.05, 3.63) is 82.1 Å². The van der Waals surface area contributed by atoms with E-state index in [2.05, 4.69) is 62.0 Å². The molecule has 2 aromatic carbocycles. The van der Waals surface area contributed by atoms with E-state index in [1.54, 1.807) is 11.8 Å². The molecule has 3 aromatic rings. The maximum absolute atomic E-state index is 13.5. The minimum Gasteiger partial charge on any atom is -0.485 e. The fraction of sp³-hybridized carbons (Fsp3) is 0.444. The first-order valence-electron chi connectivity index (χ1n) is 15.8. The molecule has 1 N–H and O–H groups in total. The molecule has 47 heavy (non-hydrogen) atoms. The average molecular weight is 645 g/mol. The molecule has 2 aliphatic rings. The maximum atomic E-state index is 13.5. The topological polar surface area (TPSA) is 121 Å². The quantitative estimate of drug-likeness (QED) is 0.245. The van der Waals surface area contributed by atoms with Crippen molar-refractivity contribution in [2.45, 2.75) is 78.2 Å². The van der Waals surface area contributed by atoms with Crippen molar-refractivity contribution < 1.29 is 33.3 Å². The van der Waals surface area contributed by atoms with Crippen molar-refractivity contribution in [2.75, 3.05) is 37.6 Å². The summed E-state index contributed by atoms with van der Waals surface area (Å²) in [5.41, 5.74) is 4.98. The van der Waals surface area contributed by atoms with Gasteiger partial charge in [0.2, 0.25) is 17.7 Å². The largest absolute Gasteiger partial charge is 0.485 e. The lowest BCUT2D eigenvalue weighted by Gasteiger charge is -2.24. The van der Waals surface area contributed by atoms with Crippen LogP contribution in [0.25, 0.3) is 0 Å². The van der Waals surface area contributed by atoms with Crippen molar-refractivity contribution in [1.82, 2.24) is 9.97 Å². The number of hydrogen-bond donors (Lipinski definition) is 1. The number of ether oxygens (including phenoxy) is 5. The zero-order valence-electron chi connectivity index (χ0n) is 28.4. The Balaban J connectivity index is 1.32. The Morgan fingerprint density at radius 1 is 1.00 bits per heavy atom. The lowest BCUT2D eigenvalue weighted by Crippen LogP contribution is -2.32. The van der Waals surface area contributed by atoms with E-state index in [0.29, 0.717) is 19.4 Å². The van der Waals surface area contributed by atoms with Gasteiger partial charge in [0.05, 0.1) is 37.8 Å². The number of allylic oxidation sites excluding steroid dienone is 1. The third-order valence-corrected chi connectivity index (χ3v) is 8.38. The molecule has 0 aliphatic carbocycles. The Kier molecular flexibility index (Phi) is 9.76. The molecule has 0 spiro atoms. The summed E-state index contributed by atoms with van der Waals surface area (Å²) in [6, 6.07) is 14.0. The predicted molar refractivity (Wildman–Crippen MR) is 177 cm³/mol. The molecule has 0 radical (unpaired) electrons. The molecule has 2 aliphatic heterocycles. The molecule has 0 saturated heterocycles. The first kappa shape index (κ1) is 33.7. The van der Waals surface area contributed by atoms with Crippen LogP contribution in [0.3, 0.4) is 0 Å². The molecule has 1 amide bonds. The van der Waals surface area contributed by atoms with Gasteiger partial charge >= 0.3 is 5.97 Å². The molecule has 1 atom stereocenters. The molecular weight excluding hydrogens is 600 g/mol. The number of nitrogens with zero attached hydrogens (tertiary/aromatic N) is 3. The van der Waals surface area contributed by atoms with Crippen molar-refractivity contribution in [3.8, 4) is 11.8 Å². The summed E-state index contributed by atoms with van der Waals surface area (Å²) in [7, 11) is 2.87. The van der Waals surface area contributed by atoms with Gasteiger partial charge in [-0.15, -0.1) is 0 Å². The molecule has 0 bridgehead atoms. The molecule has 1 aromatic heterocycles. The highest BCUT2D eigenvalue weighted by Gasteiger charge is 2.43. The molecule has 0 saturated carbocycles. The molecule has 0 fully saturated rings. The van der Waals surface area contributed by atoms with E-state index in [0.717, 1.165) is 22.4 Å². The zero-order chi connectivity index (χ0) is 33.9. The van der Waals surface area contributed by atoms with Gasteiger partial charge in [-0.2, -0.15) is 9.97 Å². The SMILES string of the molecule is CCOC(=O)CN(Cc1ccccc1)c1nc(OC)c(NC(=O)C2CC=C(Cc3cc4c(cc3C)C(C)(C)OC4(C)C)O2)c(OC)n1. The van der Waals surface area contributed by atoms with E-state index in [1.165, 1.54) is 25.3 Å². The second kappa shape index (κ2) is 13.6. The highest BCUT2D eigenvalue weighted by molar-refractivity contribution is 5.97. The van der Waals surface area contributed by atoms with Crippen molar-refractivity contribution >= 4 is 23.5 Å². The highest BCUT2D eigenvalue weighted by Crippen LogP contribution is 2.47. The number of rotatable bonds is 12. The van der Waals surface area contributed by atoms with Gasteiger partial charge in [-0.1, -0.05) is 42.5 Å². The van der Waals surface area contributed by atoms with Crippen LogP contribution in [0.1, 0.15) is 68.9 Å². The smallest absolute Gasteiger partial charge is 0.325 e. The van der Waals surface area contributed by atoms with Gasteiger partial charge in [0.1, 0.15) is 6.54 Å². The van der Waals surface area contributed by atoms with E-state index >= 15 is 0 Å². The fourth-order valence-electron chi connectivity index (χ4n) is 6.19. The number of amides is 1. The number of hydrogen-bond acceptors (Lipinski definition) is 10. The molecule has 1 unspecified atom stereocenters. The summed E-state index contributed by atoms with van der Waals surface area (Å²) in [5.74, 6) is 0.241. The minimum atomic E-state index is -0.758.